The van der Waals surface area contributed by atoms with Gasteiger partial charge in [0.15, 0.2) is 0 Å². The van der Waals surface area contributed by atoms with Crippen LogP contribution in [-0.2, 0) is 19.0 Å². The normalized spacial score (nSPS) is 30.4. The molecule has 0 aromatic carbocycles. The second kappa shape index (κ2) is 5.14. The molecule has 1 heterocycles. The maximum atomic E-state index is 11.2. The van der Waals surface area contributed by atoms with Crippen molar-refractivity contribution in [1.82, 2.24) is 0 Å². The Morgan fingerprint density at radius 1 is 1.67 bits per heavy atom. The van der Waals surface area contributed by atoms with Crippen molar-refractivity contribution in [3.63, 3.8) is 0 Å². The molecule has 0 amide bonds. The Labute approximate surface area is 88.6 Å². The first kappa shape index (κ1) is 12.0. The molecule has 1 aliphatic rings. The van der Waals surface area contributed by atoms with Gasteiger partial charge in [-0.25, -0.2) is 4.79 Å². The number of rotatable bonds is 3. The van der Waals surface area contributed by atoms with Crippen molar-refractivity contribution in [2.75, 3.05) is 13.7 Å². The molecule has 0 radical (unpaired) electrons. The number of ether oxygens (including phenoxy) is 3. The first-order valence-electron chi connectivity index (χ1n) is 4.85. The quantitative estimate of drug-likeness (QED) is 0.693. The second-order valence-electron chi connectivity index (χ2n) is 3.33. The Morgan fingerprint density at radius 2 is 2.33 bits per heavy atom. The van der Waals surface area contributed by atoms with Gasteiger partial charge in [0.2, 0.25) is 6.29 Å². The Kier molecular flexibility index (Phi) is 4.11. The van der Waals surface area contributed by atoms with E-state index < -0.39 is 18.4 Å². The highest BCUT2D eigenvalue weighted by Gasteiger charge is 2.36. The monoisotopic (exact) mass is 216 g/mol. The van der Waals surface area contributed by atoms with Crippen LogP contribution in [-0.4, -0.2) is 37.2 Å². The van der Waals surface area contributed by atoms with Gasteiger partial charge in [0.1, 0.15) is 5.57 Å². The summed E-state index contributed by atoms with van der Waals surface area (Å²) < 4.78 is 15.0. The van der Waals surface area contributed by atoms with Crippen LogP contribution in [0.4, 0.5) is 0 Å². The van der Waals surface area contributed by atoms with Crippen LogP contribution < -0.4 is 0 Å². The first-order chi connectivity index (χ1) is 7.11. The summed E-state index contributed by atoms with van der Waals surface area (Å²) in [7, 11) is 1.26. The minimum Gasteiger partial charge on any atom is -0.471 e. The van der Waals surface area contributed by atoms with Crippen LogP contribution in [0.3, 0.4) is 0 Å². The van der Waals surface area contributed by atoms with E-state index in [2.05, 4.69) is 4.74 Å². The molecule has 3 atom stereocenters. The standard InChI is InChI=1S/C10H16O5/c1-4-14-10-6(2)8(11)7(5-15-10)9(12)13-3/h5-6,8,10-11H,4H2,1-3H3. The highest BCUT2D eigenvalue weighted by Crippen LogP contribution is 2.25. The van der Waals surface area contributed by atoms with Crippen LogP contribution in [0.5, 0.6) is 0 Å². The highest BCUT2D eigenvalue weighted by atomic mass is 16.7. The number of carbonyl (C=O) groups excluding carboxylic acids is 1. The molecule has 0 aromatic heterocycles. The average Bonchev–Trinajstić information content (AvgIpc) is 2.24. The Bertz CT molecular complexity index is 261. The summed E-state index contributed by atoms with van der Waals surface area (Å²) >= 11 is 0. The van der Waals surface area contributed by atoms with Gasteiger partial charge >= 0.3 is 5.97 Å². The smallest absolute Gasteiger partial charge is 0.339 e. The number of esters is 1. The van der Waals surface area contributed by atoms with E-state index in [1.54, 1.807) is 6.92 Å². The van der Waals surface area contributed by atoms with E-state index in [1.165, 1.54) is 13.4 Å². The van der Waals surface area contributed by atoms with E-state index in [-0.39, 0.29) is 11.5 Å². The van der Waals surface area contributed by atoms with Crippen molar-refractivity contribution in [2.24, 2.45) is 5.92 Å². The fourth-order valence-electron chi connectivity index (χ4n) is 1.41. The molecule has 1 rings (SSSR count). The van der Waals surface area contributed by atoms with E-state index in [4.69, 9.17) is 9.47 Å². The lowest BCUT2D eigenvalue weighted by Gasteiger charge is -2.31. The fraction of sp³-hybridized carbons (Fsp3) is 0.700. The van der Waals surface area contributed by atoms with E-state index in [1.807, 2.05) is 6.92 Å². The molecule has 1 aliphatic heterocycles. The zero-order valence-electron chi connectivity index (χ0n) is 9.10. The van der Waals surface area contributed by atoms with E-state index in [0.29, 0.717) is 6.61 Å². The molecular weight excluding hydrogens is 200 g/mol. The Hall–Kier alpha value is -1.07. The van der Waals surface area contributed by atoms with Crippen LogP contribution in [0.25, 0.3) is 0 Å². The van der Waals surface area contributed by atoms with Gasteiger partial charge in [0, 0.05) is 12.5 Å². The predicted octanol–water partition coefficient (Wildman–Crippen LogP) is 0.433. The maximum absolute atomic E-state index is 11.2. The minimum absolute atomic E-state index is 0.126. The molecule has 0 aromatic rings. The third-order valence-corrected chi connectivity index (χ3v) is 2.33. The zero-order chi connectivity index (χ0) is 11.4. The fourth-order valence-corrected chi connectivity index (χ4v) is 1.41. The largest absolute Gasteiger partial charge is 0.471 e. The summed E-state index contributed by atoms with van der Waals surface area (Å²) in [5, 5.41) is 9.81. The van der Waals surface area contributed by atoms with Crippen LogP contribution in [0.15, 0.2) is 11.8 Å². The zero-order valence-corrected chi connectivity index (χ0v) is 9.10. The summed E-state index contributed by atoms with van der Waals surface area (Å²) in [6.45, 7) is 4.08. The van der Waals surface area contributed by atoms with Gasteiger partial charge < -0.3 is 19.3 Å². The molecular formula is C10H16O5. The molecule has 5 nitrogen and oxygen atoms in total. The molecule has 0 saturated carbocycles. The number of carbonyl (C=O) groups is 1. The number of methoxy groups -OCH3 is 1. The molecule has 0 bridgehead atoms. The van der Waals surface area contributed by atoms with Gasteiger partial charge in [-0.15, -0.1) is 0 Å². The topological polar surface area (TPSA) is 65.0 Å². The van der Waals surface area contributed by atoms with Crippen LogP contribution in [0.1, 0.15) is 13.8 Å². The molecule has 0 fully saturated rings. The molecule has 0 spiro atoms. The van der Waals surface area contributed by atoms with E-state index in [0.717, 1.165) is 0 Å². The molecule has 1 N–H and O–H groups in total. The van der Waals surface area contributed by atoms with Crippen molar-refractivity contribution in [2.45, 2.75) is 26.2 Å². The van der Waals surface area contributed by atoms with Crippen LogP contribution >= 0.6 is 0 Å². The summed E-state index contributed by atoms with van der Waals surface area (Å²) in [4.78, 5) is 11.2. The van der Waals surface area contributed by atoms with Crippen LogP contribution in [0.2, 0.25) is 0 Å². The highest BCUT2D eigenvalue weighted by molar-refractivity contribution is 5.89. The summed E-state index contributed by atoms with van der Waals surface area (Å²) in [6.07, 6.45) is -0.224. The van der Waals surface area contributed by atoms with Gasteiger partial charge in [0.05, 0.1) is 19.5 Å². The third-order valence-electron chi connectivity index (χ3n) is 2.33. The number of aliphatic hydroxyl groups excluding tert-OH is 1. The average molecular weight is 216 g/mol. The van der Waals surface area contributed by atoms with Gasteiger partial charge in [-0.05, 0) is 6.92 Å². The van der Waals surface area contributed by atoms with Crippen molar-refractivity contribution in [3.05, 3.63) is 11.8 Å². The minimum atomic E-state index is -0.914. The van der Waals surface area contributed by atoms with Gasteiger partial charge in [0.25, 0.3) is 0 Å². The lowest BCUT2D eigenvalue weighted by atomic mass is 9.95. The maximum Gasteiger partial charge on any atom is 0.339 e. The first-order valence-corrected chi connectivity index (χ1v) is 4.85. The number of hydrogen-bond acceptors (Lipinski definition) is 5. The van der Waals surface area contributed by atoms with Crippen molar-refractivity contribution < 1.29 is 24.1 Å². The van der Waals surface area contributed by atoms with Crippen LogP contribution in [0, 0.1) is 5.92 Å². The molecule has 5 heteroatoms. The van der Waals surface area contributed by atoms with Gasteiger partial charge in [-0.2, -0.15) is 0 Å². The Balaban J connectivity index is 2.75. The number of aliphatic hydroxyl groups is 1. The molecule has 15 heavy (non-hydrogen) atoms. The lowest BCUT2D eigenvalue weighted by molar-refractivity contribution is -0.168. The third kappa shape index (κ3) is 2.49. The number of hydrogen-bond donors (Lipinski definition) is 1. The van der Waals surface area contributed by atoms with E-state index >= 15 is 0 Å². The SMILES string of the molecule is CCOC1OC=C(C(=O)OC)C(O)C1C. The van der Waals surface area contributed by atoms with Crippen molar-refractivity contribution in [1.29, 1.82) is 0 Å². The summed E-state index contributed by atoms with van der Waals surface area (Å²) in [5.74, 6) is -0.881. The van der Waals surface area contributed by atoms with E-state index in [9.17, 15) is 9.90 Å². The lowest BCUT2D eigenvalue weighted by Crippen LogP contribution is -2.39. The molecule has 0 saturated heterocycles. The molecule has 86 valence electrons. The second-order valence-corrected chi connectivity index (χ2v) is 3.33. The summed E-state index contributed by atoms with van der Waals surface area (Å²) in [5.41, 5.74) is 0.126. The predicted molar refractivity (Wildman–Crippen MR) is 51.8 cm³/mol. The molecule has 3 unspecified atom stereocenters. The van der Waals surface area contributed by atoms with Crippen molar-refractivity contribution >= 4 is 5.97 Å². The van der Waals surface area contributed by atoms with Crippen molar-refractivity contribution in [3.8, 4) is 0 Å². The van der Waals surface area contributed by atoms with Gasteiger partial charge in [-0.1, -0.05) is 6.92 Å². The molecule has 0 aliphatic carbocycles. The summed E-state index contributed by atoms with van der Waals surface area (Å²) in [6, 6.07) is 0. The van der Waals surface area contributed by atoms with Gasteiger partial charge in [-0.3, -0.25) is 0 Å². The Morgan fingerprint density at radius 3 is 2.87 bits per heavy atom.